The lowest BCUT2D eigenvalue weighted by Crippen LogP contribution is -2.30. The van der Waals surface area contributed by atoms with Gasteiger partial charge in [0.25, 0.3) is 5.56 Å². The fourth-order valence-corrected chi connectivity index (χ4v) is 4.70. The summed E-state index contributed by atoms with van der Waals surface area (Å²) in [5.74, 6) is 0.133. The number of carbonyl (C=O) groups is 1. The number of nitrogens with one attached hydrogen (secondary N) is 1. The number of anilines is 2. The van der Waals surface area contributed by atoms with E-state index in [4.69, 9.17) is 0 Å². The van der Waals surface area contributed by atoms with E-state index in [1.165, 1.54) is 17.8 Å². The van der Waals surface area contributed by atoms with Gasteiger partial charge >= 0.3 is 0 Å². The van der Waals surface area contributed by atoms with E-state index < -0.39 is 0 Å². The Morgan fingerprint density at radius 3 is 2.37 bits per heavy atom. The third-order valence-electron chi connectivity index (χ3n) is 4.15. The van der Waals surface area contributed by atoms with Crippen LogP contribution in [0.4, 0.5) is 11.4 Å². The molecule has 0 spiro atoms. The van der Waals surface area contributed by atoms with Crippen LogP contribution in [0, 0.1) is 0 Å². The molecule has 3 aromatic rings. The topological polar surface area (TPSA) is 66.1 Å². The Morgan fingerprint density at radius 2 is 1.74 bits per heavy atom. The number of amides is 1. The van der Waals surface area contributed by atoms with Gasteiger partial charge in [0.05, 0.1) is 17.1 Å². The minimum atomic E-state index is -0.193. The van der Waals surface area contributed by atoms with Gasteiger partial charge in [-0.3, -0.25) is 14.5 Å². The predicted molar refractivity (Wildman–Crippen MR) is 109 cm³/mol. The SMILES string of the molecule is CCc1cc(=O)[nH]c(SCC(=O)N2c3ccccc3Sc3ccccc32)n1. The van der Waals surface area contributed by atoms with Crippen LogP contribution < -0.4 is 10.5 Å². The highest BCUT2D eigenvalue weighted by Gasteiger charge is 2.27. The van der Waals surface area contributed by atoms with E-state index in [0.29, 0.717) is 11.6 Å². The van der Waals surface area contributed by atoms with Crippen LogP contribution in [0.2, 0.25) is 0 Å². The van der Waals surface area contributed by atoms with Gasteiger partial charge in [-0.1, -0.05) is 54.7 Å². The van der Waals surface area contributed by atoms with Crippen molar-refractivity contribution in [2.45, 2.75) is 28.3 Å². The Morgan fingerprint density at radius 1 is 1.11 bits per heavy atom. The molecule has 1 aliphatic rings. The molecule has 2 heterocycles. The third-order valence-corrected chi connectivity index (χ3v) is 6.14. The number of fused-ring (bicyclic) bond motifs is 2. The highest BCUT2D eigenvalue weighted by Crippen LogP contribution is 2.48. The highest BCUT2D eigenvalue weighted by atomic mass is 32.2. The molecule has 0 radical (unpaired) electrons. The molecule has 136 valence electrons. The predicted octanol–water partition coefficient (Wildman–Crippen LogP) is 4.25. The molecule has 1 aromatic heterocycles. The first-order chi connectivity index (χ1) is 13.2. The van der Waals surface area contributed by atoms with Crippen LogP contribution in [-0.4, -0.2) is 21.6 Å². The fourth-order valence-electron chi connectivity index (χ4n) is 2.90. The molecule has 0 bridgehead atoms. The number of para-hydroxylation sites is 2. The van der Waals surface area contributed by atoms with E-state index in [1.807, 2.05) is 55.5 Å². The van der Waals surface area contributed by atoms with E-state index in [9.17, 15) is 9.59 Å². The minimum Gasteiger partial charge on any atom is -0.301 e. The molecule has 0 unspecified atom stereocenters. The fraction of sp³-hybridized carbons (Fsp3) is 0.150. The first kappa shape index (κ1) is 17.9. The van der Waals surface area contributed by atoms with Gasteiger partial charge in [-0.2, -0.15) is 0 Å². The lowest BCUT2D eigenvalue weighted by atomic mass is 10.2. The van der Waals surface area contributed by atoms with Crippen molar-refractivity contribution >= 4 is 40.8 Å². The molecular weight excluding hydrogens is 378 g/mol. The number of hydrogen-bond donors (Lipinski definition) is 1. The maximum absolute atomic E-state index is 13.1. The average Bonchev–Trinajstić information content (AvgIpc) is 2.69. The van der Waals surface area contributed by atoms with Gasteiger partial charge in [-0.15, -0.1) is 0 Å². The van der Waals surface area contributed by atoms with Crippen LogP contribution >= 0.6 is 23.5 Å². The molecule has 0 aliphatic carbocycles. The van der Waals surface area contributed by atoms with Gasteiger partial charge in [0.15, 0.2) is 5.16 Å². The maximum atomic E-state index is 13.1. The smallest absolute Gasteiger partial charge is 0.251 e. The quantitative estimate of drug-likeness (QED) is 0.528. The van der Waals surface area contributed by atoms with Crippen molar-refractivity contribution in [2.75, 3.05) is 10.7 Å². The number of H-pyrrole nitrogens is 1. The number of aromatic nitrogens is 2. The molecule has 5 nitrogen and oxygen atoms in total. The Hall–Kier alpha value is -2.51. The first-order valence-corrected chi connectivity index (χ1v) is 10.4. The Labute approximate surface area is 165 Å². The molecule has 2 aromatic carbocycles. The monoisotopic (exact) mass is 395 g/mol. The second-order valence-corrected chi connectivity index (χ2v) is 8.00. The number of carbonyl (C=O) groups excluding carboxylic acids is 1. The number of aromatic amines is 1. The summed E-state index contributed by atoms with van der Waals surface area (Å²) in [7, 11) is 0. The molecule has 0 saturated carbocycles. The zero-order chi connectivity index (χ0) is 18.8. The minimum absolute atomic E-state index is 0.0512. The van der Waals surface area contributed by atoms with Crippen LogP contribution in [0.3, 0.4) is 0 Å². The molecule has 0 saturated heterocycles. The van der Waals surface area contributed by atoms with Crippen LogP contribution in [0.5, 0.6) is 0 Å². The summed E-state index contributed by atoms with van der Waals surface area (Å²) in [6.45, 7) is 1.95. The standard InChI is InChI=1S/C20H17N3O2S2/c1-2-13-11-18(24)22-20(21-13)26-12-19(25)23-14-7-3-5-9-16(14)27-17-10-6-4-8-15(17)23/h3-11H,2,12H2,1H3,(H,21,22,24). The maximum Gasteiger partial charge on any atom is 0.251 e. The highest BCUT2D eigenvalue weighted by molar-refractivity contribution is 8.00. The van der Waals surface area contributed by atoms with Crippen LogP contribution in [0.25, 0.3) is 0 Å². The molecule has 0 fully saturated rings. The second-order valence-electron chi connectivity index (χ2n) is 5.95. The van der Waals surface area contributed by atoms with Crippen LogP contribution in [0.15, 0.2) is 74.3 Å². The van der Waals surface area contributed by atoms with Crippen molar-refractivity contribution in [2.24, 2.45) is 0 Å². The van der Waals surface area contributed by atoms with Gasteiger partial charge in [-0.25, -0.2) is 4.98 Å². The molecule has 7 heteroatoms. The van der Waals surface area contributed by atoms with Gasteiger partial charge in [0, 0.05) is 21.6 Å². The summed E-state index contributed by atoms with van der Waals surface area (Å²) in [6, 6.07) is 17.3. The summed E-state index contributed by atoms with van der Waals surface area (Å²) in [6.07, 6.45) is 0.676. The van der Waals surface area contributed by atoms with Crippen molar-refractivity contribution in [3.63, 3.8) is 0 Å². The van der Waals surface area contributed by atoms with E-state index >= 15 is 0 Å². The number of thioether (sulfide) groups is 1. The van der Waals surface area contributed by atoms with Crippen molar-refractivity contribution in [3.8, 4) is 0 Å². The Balaban J connectivity index is 1.62. The first-order valence-electron chi connectivity index (χ1n) is 8.57. The molecule has 1 amide bonds. The molecule has 1 N–H and O–H groups in total. The normalized spacial score (nSPS) is 12.4. The van der Waals surface area contributed by atoms with Gasteiger partial charge in [0.2, 0.25) is 5.91 Å². The number of hydrogen-bond acceptors (Lipinski definition) is 5. The summed E-state index contributed by atoms with van der Waals surface area (Å²) >= 11 is 2.92. The van der Waals surface area contributed by atoms with Crippen molar-refractivity contribution in [3.05, 3.63) is 70.6 Å². The van der Waals surface area contributed by atoms with Crippen molar-refractivity contribution in [1.29, 1.82) is 0 Å². The molecule has 1 aliphatic heterocycles. The van der Waals surface area contributed by atoms with Gasteiger partial charge < -0.3 is 4.98 Å². The molecule has 0 atom stereocenters. The van der Waals surface area contributed by atoms with Gasteiger partial charge in [0.1, 0.15) is 0 Å². The zero-order valence-electron chi connectivity index (χ0n) is 14.6. The van der Waals surface area contributed by atoms with Crippen molar-refractivity contribution in [1.82, 2.24) is 9.97 Å². The number of nitrogens with zero attached hydrogens (tertiary/aromatic N) is 2. The largest absolute Gasteiger partial charge is 0.301 e. The number of benzene rings is 2. The summed E-state index contributed by atoms with van der Waals surface area (Å²) < 4.78 is 0. The van der Waals surface area contributed by atoms with Gasteiger partial charge in [-0.05, 0) is 30.7 Å². The molecular formula is C20H17N3O2S2. The third kappa shape index (κ3) is 3.65. The number of rotatable bonds is 4. The lowest BCUT2D eigenvalue weighted by molar-refractivity contribution is -0.115. The summed E-state index contributed by atoms with van der Waals surface area (Å²) in [5, 5.41) is 0.473. The average molecular weight is 396 g/mol. The Kier molecular flexibility index (Phi) is 5.05. The molecule has 4 rings (SSSR count). The zero-order valence-corrected chi connectivity index (χ0v) is 16.3. The lowest BCUT2D eigenvalue weighted by Gasteiger charge is -2.30. The molecule has 27 heavy (non-hydrogen) atoms. The summed E-state index contributed by atoms with van der Waals surface area (Å²) in [4.78, 5) is 35.8. The Bertz CT molecular complexity index is 1020. The summed E-state index contributed by atoms with van der Waals surface area (Å²) in [5.41, 5.74) is 2.30. The number of aryl methyl sites for hydroxylation is 1. The van der Waals surface area contributed by atoms with Crippen LogP contribution in [-0.2, 0) is 11.2 Å². The van der Waals surface area contributed by atoms with E-state index in [0.717, 1.165) is 26.9 Å². The van der Waals surface area contributed by atoms with Crippen LogP contribution in [0.1, 0.15) is 12.6 Å². The van der Waals surface area contributed by atoms with Crippen molar-refractivity contribution < 1.29 is 4.79 Å². The van der Waals surface area contributed by atoms with E-state index in [1.54, 1.807) is 16.7 Å². The second kappa shape index (κ2) is 7.62. The van der Waals surface area contributed by atoms with E-state index in [2.05, 4.69) is 9.97 Å². The van der Waals surface area contributed by atoms with E-state index in [-0.39, 0.29) is 17.2 Å².